The van der Waals surface area contributed by atoms with E-state index in [-0.39, 0.29) is 24.4 Å². The standard InChI is InChI=1S/C14H19FN4O2/c1-10-9-19(6-7-21-10)14(16)17-8-13(20)18-12-4-2-11(15)3-5-12/h2-5,10H,6-9H2,1H3,(H2,16,17)(H,18,20). The summed E-state index contributed by atoms with van der Waals surface area (Å²) in [5.41, 5.74) is 6.39. The Bertz CT molecular complexity index is 518. The number of carbonyl (C=O) groups excluding carboxylic acids is 1. The molecule has 0 aromatic heterocycles. The molecule has 0 spiro atoms. The summed E-state index contributed by atoms with van der Waals surface area (Å²) in [5, 5.41) is 2.62. The summed E-state index contributed by atoms with van der Waals surface area (Å²) < 4.78 is 18.2. The maximum absolute atomic E-state index is 12.7. The number of halogens is 1. The van der Waals surface area contributed by atoms with Crippen LogP contribution < -0.4 is 11.1 Å². The third-order valence-electron chi connectivity index (χ3n) is 3.08. The second kappa shape index (κ2) is 7.03. The lowest BCUT2D eigenvalue weighted by Gasteiger charge is -2.31. The Morgan fingerprint density at radius 3 is 2.90 bits per heavy atom. The van der Waals surface area contributed by atoms with E-state index in [9.17, 15) is 9.18 Å². The highest BCUT2D eigenvalue weighted by molar-refractivity contribution is 5.93. The fourth-order valence-corrected chi connectivity index (χ4v) is 2.01. The molecule has 1 aromatic rings. The molecule has 1 fully saturated rings. The minimum Gasteiger partial charge on any atom is -0.375 e. The monoisotopic (exact) mass is 294 g/mol. The number of nitrogens with one attached hydrogen (secondary N) is 1. The molecule has 114 valence electrons. The number of anilines is 1. The Morgan fingerprint density at radius 1 is 1.52 bits per heavy atom. The van der Waals surface area contributed by atoms with Crippen LogP contribution in [0.4, 0.5) is 10.1 Å². The highest BCUT2D eigenvalue weighted by Crippen LogP contribution is 2.08. The Hall–Kier alpha value is -2.15. The Labute approximate surface area is 122 Å². The van der Waals surface area contributed by atoms with Crippen LogP contribution in [-0.2, 0) is 9.53 Å². The predicted molar refractivity (Wildman–Crippen MR) is 78.5 cm³/mol. The number of hydrogen-bond acceptors (Lipinski definition) is 3. The lowest BCUT2D eigenvalue weighted by Crippen LogP contribution is -2.48. The molecule has 0 saturated carbocycles. The van der Waals surface area contributed by atoms with Crippen LogP contribution in [0.2, 0.25) is 0 Å². The van der Waals surface area contributed by atoms with Crippen LogP contribution in [0.1, 0.15) is 6.92 Å². The normalized spacial score (nSPS) is 19.4. The van der Waals surface area contributed by atoms with Crippen molar-refractivity contribution in [3.8, 4) is 0 Å². The smallest absolute Gasteiger partial charge is 0.246 e. The number of aliphatic imine (C=N–C) groups is 1. The molecule has 1 saturated heterocycles. The van der Waals surface area contributed by atoms with Gasteiger partial charge in [-0.2, -0.15) is 0 Å². The van der Waals surface area contributed by atoms with Gasteiger partial charge >= 0.3 is 0 Å². The number of guanidine groups is 1. The van der Waals surface area contributed by atoms with Gasteiger partial charge in [-0.1, -0.05) is 0 Å². The summed E-state index contributed by atoms with van der Waals surface area (Å²) in [6, 6.07) is 5.54. The fraction of sp³-hybridized carbons (Fsp3) is 0.429. The number of morpholine rings is 1. The molecule has 1 unspecified atom stereocenters. The third kappa shape index (κ3) is 4.71. The maximum Gasteiger partial charge on any atom is 0.246 e. The Balaban J connectivity index is 1.84. The summed E-state index contributed by atoms with van der Waals surface area (Å²) >= 11 is 0. The van der Waals surface area contributed by atoms with E-state index in [1.54, 1.807) is 0 Å². The molecule has 0 radical (unpaired) electrons. The van der Waals surface area contributed by atoms with Gasteiger partial charge in [0.2, 0.25) is 5.91 Å². The van der Waals surface area contributed by atoms with Crippen molar-refractivity contribution in [3.05, 3.63) is 30.1 Å². The van der Waals surface area contributed by atoms with Gasteiger partial charge in [0, 0.05) is 18.8 Å². The minimum absolute atomic E-state index is 0.0745. The van der Waals surface area contributed by atoms with Crippen LogP contribution in [-0.4, -0.2) is 49.1 Å². The number of nitrogens with zero attached hydrogens (tertiary/aromatic N) is 2. The molecule has 1 atom stereocenters. The average molecular weight is 294 g/mol. The number of hydrogen-bond donors (Lipinski definition) is 2. The number of nitrogens with two attached hydrogens (primary N) is 1. The van der Waals surface area contributed by atoms with Crippen LogP contribution in [0.3, 0.4) is 0 Å². The molecule has 6 nitrogen and oxygen atoms in total. The van der Waals surface area contributed by atoms with Crippen LogP contribution in [0.15, 0.2) is 29.3 Å². The second-order valence-electron chi connectivity index (χ2n) is 4.86. The molecule has 0 bridgehead atoms. The first kappa shape index (κ1) is 15.2. The van der Waals surface area contributed by atoms with E-state index >= 15 is 0 Å². The van der Waals surface area contributed by atoms with Crippen molar-refractivity contribution < 1.29 is 13.9 Å². The highest BCUT2D eigenvalue weighted by atomic mass is 19.1. The molecule has 1 heterocycles. The molecule has 1 aromatic carbocycles. The molecule has 1 amide bonds. The molecule has 1 aliphatic rings. The van der Waals surface area contributed by atoms with Crippen LogP contribution in [0, 0.1) is 5.82 Å². The molecule has 0 aliphatic carbocycles. The highest BCUT2D eigenvalue weighted by Gasteiger charge is 2.18. The molecular weight excluding hydrogens is 275 g/mol. The van der Waals surface area contributed by atoms with Crippen molar-refractivity contribution >= 4 is 17.6 Å². The van der Waals surface area contributed by atoms with Crippen molar-refractivity contribution in [3.63, 3.8) is 0 Å². The van der Waals surface area contributed by atoms with Gasteiger partial charge in [-0.15, -0.1) is 0 Å². The first-order chi connectivity index (χ1) is 10.0. The number of ether oxygens (including phenoxy) is 1. The van der Waals surface area contributed by atoms with Gasteiger partial charge < -0.3 is 20.7 Å². The van der Waals surface area contributed by atoms with Gasteiger partial charge in [0.1, 0.15) is 12.4 Å². The molecule has 3 N–H and O–H groups in total. The van der Waals surface area contributed by atoms with Crippen molar-refractivity contribution in [2.24, 2.45) is 10.7 Å². The lowest BCUT2D eigenvalue weighted by atomic mass is 10.3. The predicted octanol–water partition coefficient (Wildman–Crippen LogP) is 0.800. The zero-order valence-corrected chi connectivity index (χ0v) is 11.9. The fourth-order valence-electron chi connectivity index (χ4n) is 2.01. The first-order valence-corrected chi connectivity index (χ1v) is 6.76. The van der Waals surface area contributed by atoms with Gasteiger partial charge in [-0.3, -0.25) is 4.79 Å². The SMILES string of the molecule is CC1CN(C(N)=NCC(=O)Nc2ccc(F)cc2)CCO1. The van der Waals surface area contributed by atoms with Gasteiger partial charge in [0.25, 0.3) is 0 Å². The van der Waals surface area contributed by atoms with Crippen LogP contribution in [0.5, 0.6) is 0 Å². The average Bonchev–Trinajstić information content (AvgIpc) is 2.47. The number of rotatable bonds is 3. The van der Waals surface area contributed by atoms with Gasteiger partial charge in [-0.25, -0.2) is 9.38 Å². The van der Waals surface area contributed by atoms with Crippen LogP contribution in [0.25, 0.3) is 0 Å². The van der Waals surface area contributed by atoms with E-state index in [1.807, 2.05) is 11.8 Å². The summed E-state index contributed by atoms with van der Waals surface area (Å²) in [6.07, 6.45) is 0.0977. The maximum atomic E-state index is 12.7. The van der Waals surface area contributed by atoms with E-state index in [2.05, 4.69) is 10.3 Å². The summed E-state index contributed by atoms with van der Waals surface area (Å²) in [4.78, 5) is 17.7. The van der Waals surface area contributed by atoms with Crippen molar-refractivity contribution in [2.75, 3.05) is 31.6 Å². The minimum atomic E-state index is -0.350. The molecule has 1 aliphatic heterocycles. The second-order valence-corrected chi connectivity index (χ2v) is 4.86. The number of benzene rings is 1. The molecule has 21 heavy (non-hydrogen) atoms. The van der Waals surface area contributed by atoms with Crippen LogP contribution >= 0.6 is 0 Å². The van der Waals surface area contributed by atoms with Gasteiger partial charge in [0.05, 0.1) is 12.7 Å². The van der Waals surface area contributed by atoms with E-state index in [0.717, 1.165) is 0 Å². The molecule has 2 rings (SSSR count). The topological polar surface area (TPSA) is 80.0 Å². The summed E-state index contributed by atoms with van der Waals surface area (Å²) in [6.45, 7) is 3.81. The molecular formula is C14H19FN4O2. The summed E-state index contributed by atoms with van der Waals surface area (Å²) in [7, 11) is 0. The largest absolute Gasteiger partial charge is 0.375 e. The van der Waals surface area contributed by atoms with E-state index in [4.69, 9.17) is 10.5 Å². The first-order valence-electron chi connectivity index (χ1n) is 6.76. The lowest BCUT2D eigenvalue weighted by molar-refractivity contribution is -0.114. The van der Waals surface area contributed by atoms with E-state index in [0.29, 0.717) is 31.3 Å². The van der Waals surface area contributed by atoms with E-state index in [1.165, 1.54) is 24.3 Å². The number of amides is 1. The Morgan fingerprint density at radius 2 is 2.24 bits per heavy atom. The Kier molecular flexibility index (Phi) is 5.10. The van der Waals surface area contributed by atoms with E-state index < -0.39 is 0 Å². The van der Waals surface area contributed by atoms with Gasteiger partial charge in [-0.05, 0) is 31.2 Å². The van der Waals surface area contributed by atoms with Gasteiger partial charge in [0.15, 0.2) is 5.96 Å². The van der Waals surface area contributed by atoms with Crippen molar-refractivity contribution in [2.45, 2.75) is 13.0 Å². The summed E-state index contributed by atoms with van der Waals surface area (Å²) in [5.74, 6) is -0.318. The molecule has 7 heteroatoms. The zero-order chi connectivity index (χ0) is 15.2. The number of carbonyl (C=O) groups is 1. The van der Waals surface area contributed by atoms with Crippen molar-refractivity contribution in [1.82, 2.24) is 4.90 Å². The zero-order valence-electron chi connectivity index (χ0n) is 11.9. The third-order valence-corrected chi connectivity index (χ3v) is 3.08. The van der Waals surface area contributed by atoms with Crippen molar-refractivity contribution in [1.29, 1.82) is 0 Å². The quantitative estimate of drug-likeness (QED) is 0.638.